The molecule has 1 atom stereocenters. The van der Waals surface area contributed by atoms with E-state index in [0.717, 1.165) is 12.8 Å². The Labute approximate surface area is 107 Å². The lowest BCUT2D eigenvalue weighted by Crippen LogP contribution is -2.35. The lowest BCUT2D eigenvalue weighted by molar-refractivity contribution is -0.127. The molecule has 1 rings (SSSR count). The Bertz CT molecular complexity index is 421. The molecule has 0 aromatic heterocycles. The average molecular weight is 274 g/mol. The Morgan fingerprint density at radius 1 is 1.56 bits per heavy atom. The zero-order valence-electron chi connectivity index (χ0n) is 10.5. The Hall–Kier alpha value is -1.13. The van der Waals surface area contributed by atoms with E-state index in [0.29, 0.717) is 6.61 Å². The Morgan fingerprint density at radius 2 is 2.28 bits per heavy atom. The number of ether oxygens (including phenoxy) is 1. The van der Waals surface area contributed by atoms with Gasteiger partial charge in [-0.25, -0.2) is 8.42 Å². The van der Waals surface area contributed by atoms with Crippen LogP contribution in [0.2, 0.25) is 0 Å². The smallest absolute Gasteiger partial charge is 0.237 e. The summed E-state index contributed by atoms with van der Waals surface area (Å²) in [6.45, 7) is 0.848. The zero-order chi connectivity index (χ0) is 13.6. The summed E-state index contributed by atoms with van der Waals surface area (Å²) in [4.78, 5) is 12.9. The lowest BCUT2D eigenvalue weighted by atomic mass is 10.3. The molecule has 1 unspecified atom stereocenters. The van der Waals surface area contributed by atoms with Gasteiger partial charge in [-0.05, 0) is 12.8 Å². The van der Waals surface area contributed by atoms with Crippen LogP contribution in [-0.4, -0.2) is 57.0 Å². The van der Waals surface area contributed by atoms with Crippen LogP contribution >= 0.6 is 0 Å². The number of carbonyl (C=O) groups excluding carboxylic acids is 1. The van der Waals surface area contributed by atoms with Crippen LogP contribution in [0.5, 0.6) is 0 Å². The van der Waals surface area contributed by atoms with Crippen molar-refractivity contribution in [3.63, 3.8) is 0 Å². The molecule has 7 heteroatoms. The van der Waals surface area contributed by atoms with Crippen molar-refractivity contribution in [1.29, 1.82) is 5.26 Å². The van der Waals surface area contributed by atoms with Crippen LogP contribution in [0.15, 0.2) is 0 Å². The standard InChI is InChI=1S/C11H18N2O4S/c1-13(6-3-5-12)11(14)9-18(15,16)8-10-4-2-7-17-10/h10H,2-4,6-9H2,1H3. The Kier molecular flexibility index (Phi) is 5.56. The largest absolute Gasteiger partial charge is 0.377 e. The second-order valence-corrected chi connectivity index (χ2v) is 6.52. The van der Waals surface area contributed by atoms with Crippen molar-refractivity contribution in [1.82, 2.24) is 4.90 Å². The van der Waals surface area contributed by atoms with Gasteiger partial charge in [0, 0.05) is 20.2 Å². The second-order valence-electron chi connectivity index (χ2n) is 4.41. The first-order valence-electron chi connectivity index (χ1n) is 5.87. The third-order valence-corrected chi connectivity index (χ3v) is 4.36. The highest BCUT2D eigenvalue weighted by Crippen LogP contribution is 2.14. The van der Waals surface area contributed by atoms with Crippen LogP contribution < -0.4 is 0 Å². The lowest BCUT2D eigenvalue weighted by Gasteiger charge is -2.16. The van der Waals surface area contributed by atoms with Crippen molar-refractivity contribution in [3.8, 4) is 6.07 Å². The zero-order valence-corrected chi connectivity index (χ0v) is 11.3. The predicted octanol–water partition coefficient (Wildman–Crippen LogP) is -0.0477. The molecule has 1 amide bonds. The Balaban J connectivity index is 2.44. The van der Waals surface area contributed by atoms with Crippen LogP contribution in [0.25, 0.3) is 0 Å². The van der Waals surface area contributed by atoms with E-state index in [4.69, 9.17) is 10.00 Å². The molecule has 0 spiro atoms. The third-order valence-electron chi connectivity index (χ3n) is 2.79. The van der Waals surface area contributed by atoms with Gasteiger partial charge in [-0.15, -0.1) is 0 Å². The molecule has 0 radical (unpaired) electrons. The van der Waals surface area contributed by atoms with E-state index in [1.54, 1.807) is 0 Å². The van der Waals surface area contributed by atoms with Crippen LogP contribution in [0.1, 0.15) is 19.3 Å². The number of carbonyl (C=O) groups is 1. The number of nitrogens with zero attached hydrogens (tertiary/aromatic N) is 2. The van der Waals surface area contributed by atoms with Gasteiger partial charge in [0.1, 0.15) is 5.75 Å². The number of hydrogen-bond acceptors (Lipinski definition) is 5. The fraction of sp³-hybridized carbons (Fsp3) is 0.818. The summed E-state index contributed by atoms with van der Waals surface area (Å²) < 4.78 is 28.8. The highest BCUT2D eigenvalue weighted by atomic mass is 32.2. The second kappa shape index (κ2) is 6.71. The highest BCUT2D eigenvalue weighted by Gasteiger charge is 2.26. The number of hydrogen-bond donors (Lipinski definition) is 0. The van der Waals surface area contributed by atoms with E-state index >= 15 is 0 Å². The summed E-state index contributed by atoms with van der Waals surface area (Å²) in [7, 11) is -1.93. The quantitative estimate of drug-likeness (QED) is 0.678. The van der Waals surface area contributed by atoms with Crippen molar-refractivity contribution in [3.05, 3.63) is 0 Å². The minimum absolute atomic E-state index is 0.0924. The molecule has 0 saturated carbocycles. The van der Waals surface area contributed by atoms with Crippen LogP contribution in [-0.2, 0) is 19.4 Å². The molecule has 1 heterocycles. The van der Waals surface area contributed by atoms with Gasteiger partial charge in [0.15, 0.2) is 9.84 Å². The van der Waals surface area contributed by atoms with Gasteiger partial charge in [-0.2, -0.15) is 5.26 Å². The molecule has 0 aliphatic carbocycles. The maximum atomic E-state index is 11.8. The molecular formula is C11H18N2O4S. The number of sulfone groups is 1. The van der Waals surface area contributed by atoms with E-state index in [9.17, 15) is 13.2 Å². The molecule has 0 aromatic rings. The fourth-order valence-electron chi connectivity index (χ4n) is 1.76. The topological polar surface area (TPSA) is 87.5 Å². The van der Waals surface area contributed by atoms with Crippen molar-refractivity contribution in [2.45, 2.75) is 25.4 Å². The molecule has 0 N–H and O–H groups in total. The average Bonchev–Trinajstić information content (AvgIpc) is 2.76. The molecule has 1 aliphatic rings. The maximum absolute atomic E-state index is 11.8. The normalized spacial score (nSPS) is 19.4. The van der Waals surface area contributed by atoms with E-state index in [-0.39, 0.29) is 24.8 Å². The van der Waals surface area contributed by atoms with Crippen molar-refractivity contribution in [2.75, 3.05) is 31.7 Å². The van der Waals surface area contributed by atoms with Gasteiger partial charge in [0.2, 0.25) is 5.91 Å². The number of rotatable bonds is 6. The molecule has 1 aliphatic heterocycles. The van der Waals surface area contributed by atoms with Crippen molar-refractivity contribution in [2.24, 2.45) is 0 Å². The first-order valence-corrected chi connectivity index (χ1v) is 7.69. The van der Waals surface area contributed by atoms with E-state index < -0.39 is 21.5 Å². The summed E-state index contributed by atoms with van der Waals surface area (Å²) in [6.07, 6.45) is 1.54. The molecular weight excluding hydrogens is 256 g/mol. The van der Waals surface area contributed by atoms with Crippen LogP contribution in [0, 0.1) is 11.3 Å². The van der Waals surface area contributed by atoms with Gasteiger partial charge in [-0.3, -0.25) is 4.79 Å². The Morgan fingerprint density at radius 3 is 2.83 bits per heavy atom. The highest BCUT2D eigenvalue weighted by molar-refractivity contribution is 7.92. The summed E-state index contributed by atoms with van der Waals surface area (Å²) in [6, 6.07) is 1.91. The summed E-state index contributed by atoms with van der Waals surface area (Å²) in [5, 5.41) is 8.40. The summed E-state index contributed by atoms with van der Waals surface area (Å²) in [5.41, 5.74) is 0. The molecule has 0 aromatic carbocycles. The summed E-state index contributed by atoms with van der Waals surface area (Å²) >= 11 is 0. The minimum atomic E-state index is -3.43. The summed E-state index contributed by atoms with van der Waals surface area (Å²) in [5.74, 6) is -1.07. The molecule has 0 bridgehead atoms. The van der Waals surface area contributed by atoms with E-state index in [1.165, 1.54) is 11.9 Å². The first kappa shape index (κ1) is 14.9. The molecule has 1 fully saturated rings. The van der Waals surface area contributed by atoms with Crippen LogP contribution in [0.4, 0.5) is 0 Å². The van der Waals surface area contributed by atoms with Crippen LogP contribution in [0.3, 0.4) is 0 Å². The maximum Gasteiger partial charge on any atom is 0.237 e. The van der Waals surface area contributed by atoms with Gasteiger partial charge in [-0.1, -0.05) is 0 Å². The van der Waals surface area contributed by atoms with E-state index in [2.05, 4.69) is 0 Å². The fourth-order valence-corrected chi connectivity index (χ4v) is 3.30. The molecule has 102 valence electrons. The first-order chi connectivity index (χ1) is 8.44. The number of amides is 1. The number of nitriles is 1. The van der Waals surface area contributed by atoms with Gasteiger partial charge < -0.3 is 9.64 Å². The predicted molar refractivity (Wildman–Crippen MR) is 65.5 cm³/mol. The van der Waals surface area contributed by atoms with Gasteiger partial charge in [0.05, 0.1) is 24.3 Å². The van der Waals surface area contributed by atoms with Crippen molar-refractivity contribution >= 4 is 15.7 Å². The van der Waals surface area contributed by atoms with Crippen molar-refractivity contribution < 1.29 is 17.9 Å². The minimum Gasteiger partial charge on any atom is -0.377 e. The van der Waals surface area contributed by atoms with Gasteiger partial charge >= 0.3 is 0 Å². The third kappa shape index (κ3) is 5.02. The monoisotopic (exact) mass is 274 g/mol. The SMILES string of the molecule is CN(CCC#N)C(=O)CS(=O)(=O)CC1CCCO1. The molecule has 18 heavy (non-hydrogen) atoms. The van der Waals surface area contributed by atoms with Gasteiger partial charge in [0.25, 0.3) is 0 Å². The molecule has 6 nitrogen and oxygen atoms in total. The molecule has 1 saturated heterocycles. The van der Waals surface area contributed by atoms with E-state index in [1.807, 2.05) is 6.07 Å².